The topological polar surface area (TPSA) is 43.7 Å². The molecule has 1 aliphatic heterocycles. The standard InChI is InChI=1S/C18H27NO2/c20-17(15-6-2-1-3-7-15)9-12-19-13-11-18(21)10-5-4-8-16(18)14-19/h1-3,6-7,16-17,20-21H,4-5,8-14H2. The number of benzene rings is 1. The summed E-state index contributed by atoms with van der Waals surface area (Å²) in [7, 11) is 0. The van der Waals surface area contributed by atoms with Crippen LogP contribution < -0.4 is 0 Å². The van der Waals surface area contributed by atoms with Crippen LogP contribution in [0.3, 0.4) is 0 Å². The van der Waals surface area contributed by atoms with Gasteiger partial charge in [-0.05, 0) is 31.2 Å². The minimum absolute atomic E-state index is 0.377. The molecule has 1 aromatic carbocycles. The molecule has 1 aliphatic carbocycles. The molecule has 1 heterocycles. The molecule has 2 N–H and O–H groups in total. The van der Waals surface area contributed by atoms with Crippen molar-refractivity contribution in [3.8, 4) is 0 Å². The van der Waals surface area contributed by atoms with Gasteiger partial charge in [0, 0.05) is 25.6 Å². The highest BCUT2D eigenvalue weighted by atomic mass is 16.3. The van der Waals surface area contributed by atoms with Gasteiger partial charge in [-0.1, -0.05) is 43.2 Å². The van der Waals surface area contributed by atoms with Crippen molar-refractivity contribution < 1.29 is 10.2 Å². The van der Waals surface area contributed by atoms with Gasteiger partial charge in [0.15, 0.2) is 0 Å². The maximum Gasteiger partial charge on any atom is 0.0802 e. The van der Waals surface area contributed by atoms with Gasteiger partial charge in [-0.15, -0.1) is 0 Å². The Morgan fingerprint density at radius 3 is 2.81 bits per heavy atom. The van der Waals surface area contributed by atoms with Crippen molar-refractivity contribution in [2.45, 2.75) is 50.2 Å². The van der Waals surface area contributed by atoms with Crippen LogP contribution in [0.2, 0.25) is 0 Å². The second-order valence-electron chi connectivity index (χ2n) is 6.81. The van der Waals surface area contributed by atoms with Crippen molar-refractivity contribution in [3.05, 3.63) is 35.9 Å². The van der Waals surface area contributed by atoms with E-state index < -0.39 is 5.60 Å². The SMILES string of the molecule is OC(CCN1CCC2(O)CCCCC2C1)c1ccccc1. The van der Waals surface area contributed by atoms with Crippen LogP contribution in [0.5, 0.6) is 0 Å². The number of hydrogen-bond acceptors (Lipinski definition) is 3. The average Bonchev–Trinajstić information content (AvgIpc) is 2.53. The summed E-state index contributed by atoms with van der Waals surface area (Å²) in [4.78, 5) is 2.43. The lowest BCUT2D eigenvalue weighted by Crippen LogP contribution is -2.53. The van der Waals surface area contributed by atoms with Gasteiger partial charge in [-0.25, -0.2) is 0 Å². The number of nitrogens with zero attached hydrogens (tertiary/aromatic N) is 1. The molecule has 0 radical (unpaired) electrons. The molecule has 3 rings (SSSR count). The first-order valence-corrected chi connectivity index (χ1v) is 8.35. The molecule has 1 aromatic rings. The third kappa shape index (κ3) is 3.47. The zero-order valence-corrected chi connectivity index (χ0v) is 12.7. The molecular formula is C18H27NO2. The second kappa shape index (κ2) is 6.47. The number of fused-ring (bicyclic) bond motifs is 1. The van der Waals surface area contributed by atoms with Gasteiger partial charge in [0.05, 0.1) is 11.7 Å². The Kier molecular flexibility index (Phi) is 4.63. The first-order chi connectivity index (χ1) is 10.2. The van der Waals surface area contributed by atoms with Crippen LogP contribution in [0.4, 0.5) is 0 Å². The summed E-state index contributed by atoms with van der Waals surface area (Å²) in [5.74, 6) is 0.439. The largest absolute Gasteiger partial charge is 0.390 e. The molecular weight excluding hydrogens is 262 g/mol. The fourth-order valence-electron chi connectivity index (χ4n) is 3.99. The van der Waals surface area contributed by atoms with Crippen LogP contribution in [0.1, 0.15) is 50.2 Å². The van der Waals surface area contributed by atoms with Crippen LogP contribution in [0.15, 0.2) is 30.3 Å². The van der Waals surface area contributed by atoms with Crippen molar-refractivity contribution >= 4 is 0 Å². The minimum atomic E-state index is -0.396. The lowest BCUT2D eigenvalue weighted by Gasteiger charge is -2.47. The van der Waals surface area contributed by atoms with Crippen molar-refractivity contribution in [1.29, 1.82) is 0 Å². The Labute approximate surface area is 127 Å². The van der Waals surface area contributed by atoms with Crippen LogP contribution in [-0.4, -0.2) is 40.3 Å². The van der Waals surface area contributed by atoms with Gasteiger partial charge in [-0.3, -0.25) is 0 Å². The third-order valence-corrected chi connectivity index (χ3v) is 5.41. The van der Waals surface area contributed by atoms with E-state index in [0.717, 1.165) is 50.9 Å². The second-order valence-corrected chi connectivity index (χ2v) is 6.81. The van der Waals surface area contributed by atoms with Crippen molar-refractivity contribution in [1.82, 2.24) is 4.90 Å². The smallest absolute Gasteiger partial charge is 0.0802 e. The summed E-state index contributed by atoms with van der Waals surface area (Å²) in [6.45, 7) is 2.88. The lowest BCUT2D eigenvalue weighted by molar-refractivity contribution is -0.0963. The molecule has 2 fully saturated rings. The molecule has 0 aromatic heterocycles. The minimum Gasteiger partial charge on any atom is -0.390 e. The Morgan fingerprint density at radius 2 is 2.00 bits per heavy atom. The van der Waals surface area contributed by atoms with Crippen LogP contribution >= 0.6 is 0 Å². The van der Waals surface area contributed by atoms with E-state index in [9.17, 15) is 10.2 Å². The van der Waals surface area contributed by atoms with Gasteiger partial charge in [0.1, 0.15) is 0 Å². The fourth-order valence-corrected chi connectivity index (χ4v) is 3.99. The van der Waals surface area contributed by atoms with Crippen LogP contribution in [-0.2, 0) is 0 Å². The zero-order chi connectivity index (χ0) is 14.7. The van der Waals surface area contributed by atoms with Crippen molar-refractivity contribution in [3.63, 3.8) is 0 Å². The summed E-state index contributed by atoms with van der Waals surface area (Å²) >= 11 is 0. The van der Waals surface area contributed by atoms with E-state index in [1.165, 1.54) is 12.8 Å². The van der Waals surface area contributed by atoms with E-state index in [2.05, 4.69) is 4.90 Å². The van der Waals surface area contributed by atoms with E-state index >= 15 is 0 Å². The zero-order valence-electron chi connectivity index (χ0n) is 12.7. The Hall–Kier alpha value is -0.900. The number of hydrogen-bond donors (Lipinski definition) is 2. The maximum atomic E-state index is 10.7. The molecule has 2 aliphatic rings. The Balaban J connectivity index is 1.50. The van der Waals surface area contributed by atoms with Gasteiger partial charge < -0.3 is 15.1 Å². The first-order valence-electron chi connectivity index (χ1n) is 8.35. The molecule has 21 heavy (non-hydrogen) atoms. The monoisotopic (exact) mass is 289 g/mol. The predicted molar refractivity (Wildman–Crippen MR) is 84.0 cm³/mol. The highest BCUT2D eigenvalue weighted by Gasteiger charge is 2.42. The third-order valence-electron chi connectivity index (χ3n) is 5.41. The van der Waals surface area contributed by atoms with E-state index in [-0.39, 0.29) is 6.10 Å². The van der Waals surface area contributed by atoms with Crippen LogP contribution in [0, 0.1) is 5.92 Å². The fraction of sp³-hybridized carbons (Fsp3) is 0.667. The van der Waals surface area contributed by atoms with Crippen molar-refractivity contribution in [2.75, 3.05) is 19.6 Å². The number of piperidine rings is 1. The Bertz CT molecular complexity index is 450. The van der Waals surface area contributed by atoms with Crippen LogP contribution in [0.25, 0.3) is 0 Å². The molecule has 0 bridgehead atoms. The Morgan fingerprint density at radius 1 is 1.19 bits per heavy atom. The van der Waals surface area contributed by atoms with Crippen molar-refractivity contribution in [2.24, 2.45) is 5.92 Å². The molecule has 3 heteroatoms. The average molecular weight is 289 g/mol. The summed E-state index contributed by atoms with van der Waals surface area (Å²) in [5.41, 5.74) is 0.607. The maximum absolute atomic E-state index is 10.7. The molecule has 0 amide bonds. The highest BCUT2D eigenvalue weighted by molar-refractivity contribution is 5.17. The van der Waals surface area contributed by atoms with Gasteiger partial charge in [0.25, 0.3) is 0 Å². The number of aliphatic hydroxyl groups is 2. The normalized spacial score (nSPS) is 31.6. The molecule has 1 saturated heterocycles. The van der Waals surface area contributed by atoms with E-state index in [1.54, 1.807) is 0 Å². The quantitative estimate of drug-likeness (QED) is 0.896. The predicted octanol–water partition coefficient (Wildman–Crippen LogP) is 2.74. The van der Waals surface area contributed by atoms with E-state index in [0.29, 0.717) is 5.92 Å². The van der Waals surface area contributed by atoms with E-state index in [1.807, 2.05) is 30.3 Å². The highest BCUT2D eigenvalue weighted by Crippen LogP contribution is 2.39. The molecule has 116 valence electrons. The van der Waals surface area contributed by atoms with E-state index in [4.69, 9.17) is 0 Å². The number of aliphatic hydroxyl groups excluding tert-OH is 1. The summed E-state index contributed by atoms with van der Waals surface area (Å²) in [5, 5.41) is 20.9. The molecule has 3 unspecified atom stereocenters. The summed E-state index contributed by atoms with van der Waals surface area (Å²) < 4.78 is 0. The van der Waals surface area contributed by atoms with Gasteiger partial charge in [0.2, 0.25) is 0 Å². The lowest BCUT2D eigenvalue weighted by atomic mass is 9.71. The van der Waals surface area contributed by atoms with Gasteiger partial charge in [-0.2, -0.15) is 0 Å². The summed E-state index contributed by atoms with van der Waals surface area (Å²) in [6.07, 6.45) is 5.88. The molecule has 3 atom stereocenters. The number of likely N-dealkylation sites (tertiary alicyclic amines) is 1. The summed E-state index contributed by atoms with van der Waals surface area (Å²) in [6, 6.07) is 9.90. The first kappa shape index (κ1) is 15.0. The molecule has 0 spiro atoms. The molecule has 1 saturated carbocycles. The van der Waals surface area contributed by atoms with Gasteiger partial charge >= 0.3 is 0 Å². The number of rotatable bonds is 4. The molecule has 3 nitrogen and oxygen atoms in total.